The van der Waals surface area contributed by atoms with Crippen molar-refractivity contribution in [2.45, 2.75) is 32.7 Å². The fourth-order valence-electron chi connectivity index (χ4n) is 2.33. The first kappa shape index (κ1) is 10.8. The Morgan fingerprint density at radius 3 is 2.73 bits per heavy atom. The number of hydrogen-bond acceptors (Lipinski definition) is 2. The molecule has 0 saturated carbocycles. The van der Waals surface area contributed by atoms with Crippen LogP contribution in [0.25, 0.3) is 0 Å². The molecular weight excluding hydrogens is 210 g/mol. The van der Waals surface area contributed by atoms with Crippen LogP contribution in [-0.2, 0) is 0 Å². The van der Waals surface area contributed by atoms with E-state index in [4.69, 9.17) is 11.6 Å². The molecule has 2 nitrogen and oxygen atoms in total. The third kappa shape index (κ3) is 1.84. The quantitative estimate of drug-likeness (QED) is 0.770. The van der Waals surface area contributed by atoms with E-state index >= 15 is 0 Å². The summed E-state index contributed by atoms with van der Waals surface area (Å²) in [5.74, 6) is 0.258. The van der Waals surface area contributed by atoms with Crippen LogP contribution in [0.4, 0.5) is 0 Å². The fraction of sp³-hybridized carbons (Fsp3) is 0.500. The minimum absolute atomic E-state index is 0.258. The van der Waals surface area contributed by atoms with Crippen molar-refractivity contribution < 1.29 is 5.11 Å². The van der Waals surface area contributed by atoms with E-state index in [2.05, 4.69) is 5.32 Å². The van der Waals surface area contributed by atoms with Gasteiger partial charge in [-0.1, -0.05) is 17.7 Å². The van der Waals surface area contributed by atoms with Crippen LogP contribution in [0.5, 0.6) is 5.75 Å². The normalized spacial score (nSPS) is 20.9. The summed E-state index contributed by atoms with van der Waals surface area (Å²) in [6.45, 7) is 4.97. The molecule has 1 aromatic carbocycles. The van der Waals surface area contributed by atoms with E-state index < -0.39 is 0 Å². The Morgan fingerprint density at radius 2 is 2.13 bits per heavy atom. The highest BCUT2D eigenvalue weighted by atomic mass is 35.5. The molecule has 1 aromatic rings. The largest absolute Gasteiger partial charge is 0.506 e. The molecule has 0 amide bonds. The standard InChI is InChI=1S/C12H16ClNO/c1-7-6-8(2)11(13)12(15)10(7)9-4-3-5-14-9/h6,9,14-15H,3-5H2,1-2H3. The van der Waals surface area contributed by atoms with E-state index in [1.165, 1.54) is 0 Å². The highest BCUT2D eigenvalue weighted by molar-refractivity contribution is 6.32. The van der Waals surface area contributed by atoms with Gasteiger partial charge in [-0.3, -0.25) is 0 Å². The van der Waals surface area contributed by atoms with Crippen LogP contribution in [0, 0.1) is 13.8 Å². The van der Waals surface area contributed by atoms with Crippen LogP contribution in [0.15, 0.2) is 6.07 Å². The number of halogens is 1. The van der Waals surface area contributed by atoms with Crippen LogP contribution in [0.3, 0.4) is 0 Å². The number of phenolic OH excluding ortho intramolecular Hbond substituents is 1. The number of hydrogen-bond donors (Lipinski definition) is 2. The van der Waals surface area contributed by atoms with Gasteiger partial charge in [-0.2, -0.15) is 0 Å². The Labute approximate surface area is 95.3 Å². The van der Waals surface area contributed by atoms with Gasteiger partial charge >= 0.3 is 0 Å². The highest BCUT2D eigenvalue weighted by Crippen LogP contribution is 2.39. The molecular formula is C12H16ClNO. The maximum absolute atomic E-state index is 10.0. The van der Waals surface area contributed by atoms with Crippen LogP contribution in [0.1, 0.15) is 35.6 Å². The van der Waals surface area contributed by atoms with Gasteiger partial charge in [0.25, 0.3) is 0 Å². The van der Waals surface area contributed by atoms with E-state index in [0.29, 0.717) is 5.02 Å². The molecule has 1 aliphatic heterocycles. The summed E-state index contributed by atoms with van der Waals surface area (Å²) in [5.41, 5.74) is 3.03. The summed E-state index contributed by atoms with van der Waals surface area (Å²) < 4.78 is 0. The first-order valence-electron chi connectivity index (χ1n) is 5.33. The number of aryl methyl sites for hydroxylation is 2. The van der Waals surface area contributed by atoms with Crippen molar-refractivity contribution in [3.8, 4) is 5.75 Å². The summed E-state index contributed by atoms with van der Waals surface area (Å²) in [6.07, 6.45) is 2.24. The Balaban J connectivity index is 2.50. The second-order valence-electron chi connectivity index (χ2n) is 4.24. The van der Waals surface area contributed by atoms with Crippen molar-refractivity contribution in [2.24, 2.45) is 0 Å². The third-order valence-corrected chi connectivity index (χ3v) is 3.55. The SMILES string of the molecule is Cc1cc(C)c(C2CCCN2)c(O)c1Cl. The van der Waals surface area contributed by atoms with E-state index in [0.717, 1.165) is 36.1 Å². The Kier molecular flexibility index (Phi) is 2.89. The second-order valence-corrected chi connectivity index (χ2v) is 4.61. The first-order chi connectivity index (χ1) is 7.11. The van der Waals surface area contributed by atoms with Gasteiger partial charge in [0, 0.05) is 11.6 Å². The van der Waals surface area contributed by atoms with Gasteiger partial charge in [0.1, 0.15) is 5.75 Å². The average Bonchev–Trinajstić information content (AvgIpc) is 2.68. The minimum Gasteiger partial charge on any atom is -0.506 e. The van der Waals surface area contributed by atoms with Gasteiger partial charge in [-0.25, -0.2) is 0 Å². The van der Waals surface area contributed by atoms with Crippen molar-refractivity contribution in [3.63, 3.8) is 0 Å². The first-order valence-corrected chi connectivity index (χ1v) is 5.71. The van der Waals surface area contributed by atoms with Crippen LogP contribution >= 0.6 is 11.6 Å². The molecule has 1 fully saturated rings. The van der Waals surface area contributed by atoms with Crippen molar-refractivity contribution in [1.82, 2.24) is 5.32 Å². The Hall–Kier alpha value is -0.730. The van der Waals surface area contributed by atoms with Crippen LogP contribution < -0.4 is 5.32 Å². The van der Waals surface area contributed by atoms with Crippen LogP contribution in [0.2, 0.25) is 5.02 Å². The maximum atomic E-state index is 10.0. The molecule has 0 bridgehead atoms. The molecule has 1 aliphatic rings. The molecule has 1 saturated heterocycles. The highest BCUT2D eigenvalue weighted by Gasteiger charge is 2.23. The minimum atomic E-state index is 0.258. The second kappa shape index (κ2) is 4.03. The lowest BCUT2D eigenvalue weighted by Crippen LogP contribution is -2.14. The van der Waals surface area contributed by atoms with Crippen LogP contribution in [-0.4, -0.2) is 11.7 Å². The number of rotatable bonds is 1. The summed E-state index contributed by atoms with van der Waals surface area (Å²) in [6, 6.07) is 2.31. The molecule has 0 aliphatic carbocycles. The fourth-order valence-corrected chi connectivity index (χ4v) is 2.48. The Bertz CT molecular complexity index is 384. The smallest absolute Gasteiger partial charge is 0.139 e. The van der Waals surface area contributed by atoms with Gasteiger partial charge in [0.2, 0.25) is 0 Å². The lowest BCUT2D eigenvalue weighted by molar-refractivity contribution is 0.455. The monoisotopic (exact) mass is 225 g/mol. The molecule has 1 atom stereocenters. The van der Waals surface area contributed by atoms with Gasteiger partial charge in [0.05, 0.1) is 5.02 Å². The van der Waals surface area contributed by atoms with Gasteiger partial charge in [0.15, 0.2) is 0 Å². The lowest BCUT2D eigenvalue weighted by atomic mass is 9.97. The molecule has 1 heterocycles. The van der Waals surface area contributed by atoms with E-state index in [1.807, 2.05) is 19.9 Å². The molecule has 2 N–H and O–H groups in total. The van der Waals surface area contributed by atoms with E-state index in [1.54, 1.807) is 0 Å². The number of phenols is 1. The molecule has 82 valence electrons. The van der Waals surface area contributed by atoms with E-state index in [-0.39, 0.29) is 11.8 Å². The van der Waals surface area contributed by atoms with E-state index in [9.17, 15) is 5.11 Å². The van der Waals surface area contributed by atoms with Crippen molar-refractivity contribution in [1.29, 1.82) is 0 Å². The zero-order chi connectivity index (χ0) is 11.0. The molecule has 0 spiro atoms. The Morgan fingerprint density at radius 1 is 1.40 bits per heavy atom. The zero-order valence-corrected chi connectivity index (χ0v) is 9.86. The molecule has 15 heavy (non-hydrogen) atoms. The van der Waals surface area contributed by atoms with Crippen molar-refractivity contribution >= 4 is 11.6 Å². The summed E-state index contributed by atoms with van der Waals surface area (Å²) in [7, 11) is 0. The number of aromatic hydroxyl groups is 1. The number of nitrogens with one attached hydrogen (secondary N) is 1. The topological polar surface area (TPSA) is 32.3 Å². The molecule has 0 radical (unpaired) electrons. The van der Waals surface area contributed by atoms with Crippen molar-refractivity contribution in [2.75, 3.05) is 6.54 Å². The van der Waals surface area contributed by atoms with Gasteiger partial charge in [-0.15, -0.1) is 0 Å². The zero-order valence-electron chi connectivity index (χ0n) is 9.10. The molecule has 2 rings (SSSR count). The molecule has 1 unspecified atom stereocenters. The van der Waals surface area contributed by atoms with Gasteiger partial charge in [-0.05, 0) is 44.4 Å². The predicted octanol–water partition coefficient (Wildman–Crippen LogP) is 3.09. The maximum Gasteiger partial charge on any atom is 0.139 e. The van der Waals surface area contributed by atoms with Gasteiger partial charge < -0.3 is 10.4 Å². The van der Waals surface area contributed by atoms with Crippen molar-refractivity contribution in [3.05, 3.63) is 27.8 Å². The third-order valence-electron chi connectivity index (χ3n) is 3.08. The average molecular weight is 226 g/mol. The summed E-state index contributed by atoms with van der Waals surface area (Å²) in [4.78, 5) is 0. The molecule has 3 heteroatoms. The predicted molar refractivity (Wildman–Crippen MR) is 62.6 cm³/mol. The summed E-state index contributed by atoms with van der Waals surface area (Å²) in [5, 5.41) is 13.9. The lowest BCUT2D eigenvalue weighted by Gasteiger charge is -2.17. The number of benzene rings is 1. The summed E-state index contributed by atoms with van der Waals surface area (Å²) >= 11 is 6.06. The molecule has 0 aromatic heterocycles.